The molecule has 16 nitrogen and oxygen atoms in total. The predicted octanol–water partition coefficient (Wildman–Crippen LogP) is 27.7. The van der Waals surface area contributed by atoms with Crippen LogP contribution in [0.3, 0.4) is 0 Å². The minimum Gasteiger partial charge on any atom is -0.463 e. The molecule has 0 aliphatic carbocycles. The molecule has 0 rings (SSSR count). The average Bonchev–Trinajstić information content (AvgIpc) is 0.898. The van der Waals surface area contributed by atoms with Crippen molar-refractivity contribution in [1.29, 1.82) is 0 Å². The number of phosphoric acid groups is 2. The molecular formula is C93H168O16P2. The molecule has 0 fully saturated rings. The van der Waals surface area contributed by atoms with E-state index >= 15 is 0 Å². The molecule has 0 saturated carbocycles. The molecule has 0 radical (unpaired) electrons. The fourth-order valence-corrected chi connectivity index (χ4v) is 14.4. The second-order valence-electron chi connectivity index (χ2n) is 30.8. The van der Waals surface area contributed by atoms with Crippen LogP contribution in [-0.4, -0.2) is 95.9 Å². The highest BCUT2D eigenvalue weighted by Gasteiger charge is 2.29. The summed E-state index contributed by atoms with van der Waals surface area (Å²) in [6.07, 6.45) is 102. The Kier molecular flexibility index (Phi) is 83.1. The van der Waals surface area contributed by atoms with Gasteiger partial charge in [-0.1, -0.05) is 388 Å². The van der Waals surface area contributed by atoms with Crippen molar-refractivity contribution in [3.05, 3.63) is 97.2 Å². The third-order valence-electron chi connectivity index (χ3n) is 19.8. The third kappa shape index (κ3) is 87.2. The SMILES string of the molecule is CCCCC/C=C\C/C=C\C/C=C\C/C=C\CCCCCCCCCCCCCCCCCCCC(=O)OCC(O)COP(=O)(O)OCC(O)COP(=O)(O)OCC(COC(=O)CCCCCCCCCCCCCCCCC/C=C\C/C=C\C/C=C\C/C=C\CCCCC)OC(=O)CCCCCCCCCCCCC. The van der Waals surface area contributed by atoms with Gasteiger partial charge in [0.1, 0.15) is 25.4 Å². The Morgan fingerprint density at radius 3 is 0.730 bits per heavy atom. The zero-order valence-corrected chi connectivity index (χ0v) is 72.9. The molecule has 0 bridgehead atoms. The smallest absolute Gasteiger partial charge is 0.463 e. The van der Waals surface area contributed by atoms with Gasteiger partial charge in [-0.25, -0.2) is 9.13 Å². The molecule has 646 valence electrons. The van der Waals surface area contributed by atoms with Crippen molar-refractivity contribution in [2.24, 2.45) is 0 Å². The Labute approximate surface area is 679 Å². The Morgan fingerprint density at radius 1 is 0.252 bits per heavy atom. The molecular weight excluding hydrogens is 1430 g/mol. The van der Waals surface area contributed by atoms with Gasteiger partial charge in [-0.3, -0.25) is 32.5 Å². The van der Waals surface area contributed by atoms with Gasteiger partial charge in [0.25, 0.3) is 0 Å². The molecule has 0 aromatic rings. The van der Waals surface area contributed by atoms with E-state index in [-0.39, 0.29) is 19.3 Å². The van der Waals surface area contributed by atoms with Gasteiger partial charge in [0.05, 0.1) is 26.4 Å². The monoisotopic (exact) mass is 1600 g/mol. The minimum atomic E-state index is -4.93. The fourth-order valence-electron chi connectivity index (χ4n) is 12.8. The molecule has 0 spiro atoms. The Balaban J connectivity index is 4.33. The molecule has 0 aliphatic heterocycles. The van der Waals surface area contributed by atoms with Crippen LogP contribution in [0.1, 0.15) is 419 Å². The van der Waals surface area contributed by atoms with Gasteiger partial charge >= 0.3 is 33.6 Å². The van der Waals surface area contributed by atoms with E-state index < -0.39 is 91.5 Å². The highest BCUT2D eigenvalue weighted by atomic mass is 31.2. The van der Waals surface area contributed by atoms with Gasteiger partial charge in [0, 0.05) is 19.3 Å². The maximum atomic E-state index is 13.0. The molecule has 0 aromatic carbocycles. The Hall–Kier alpha value is -3.53. The number of esters is 3. The Bertz CT molecular complexity index is 2400. The van der Waals surface area contributed by atoms with E-state index in [4.69, 9.17) is 32.3 Å². The van der Waals surface area contributed by atoms with Gasteiger partial charge < -0.3 is 34.2 Å². The number of phosphoric ester groups is 2. The van der Waals surface area contributed by atoms with Crippen LogP contribution in [0.25, 0.3) is 0 Å². The first-order valence-corrected chi connectivity index (χ1v) is 48.5. The summed E-state index contributed by atoms with van der Waals surface area (Å²) in [6.45, 7) is 2.69. The van der Waals surface area contributed by atoms with Crippen LogP contribution in [0.2, 0.25) is 0 Å². The molecule has 4 N–H and O–H groups in total. The zero-order chi connectivity index (χ0) is 80.8. The number of aliphatic hydroxyl groups excluding tert-OH is 2. The van der Waals surface area contributed by atoms with Gasteiger partial charge in [0.2, 0.25) is 0 Å². The molecule has 0 aromatic heterocycles. The number of carbonyl (C=O) groups is 3. The maximum Gasteiger partial charge on any atom is 0.472 e. The molecule has 0 heterocycles. The largest absolute Gasteiger partial charge is 0.472 e. The lowest BCUT2D eigenvalue weighted by Crippen LogP contribution is -2.30. The van der Waals surface area contributed by atoms with Crippen LogP contribution in [-0.2, 0) is 55.8 Å². The minimum absolute atomic E-state index is 0.110. The summed E-state index contributed by atoms with van der Waals surface area (Å²) in [5.41, 5.74) is 0. The summed E-state index contributed by atoms with van der Waals surface area (Å²) in [4.78, 5) is 58.7. The lowest BCUT2D eigenvalue weighted by molar-refractivity contribution is -0.161. The maximum absolute atomic E-state index is 13.0. The topological polar surface area (TPSA) is 231 Å². The normalized spacial score (nSPS) is 14.3. The van der Waals surface area contributed by atoms with Gasteiger partial charge in [0.15, 0.2) is 6.10 Å². The summed E-state index contributed by atoms with van der Waals surface area (Å²) in [6, 6.07) is 0. The zero-order valence-electron chi connectivity index (χ0n) is 71.1. The van der Waals surface area contributed by atoms with Crippen molar-refractivity contribution in [2.75, 3.05) is 39.6 Å². The number of hydrogen-bond donors (Lipinski definition) is 4. The number of hydrogen-bond acceptors (Lipinski definition) is 14. The highest BCUT2D eigenvalue weighted by Crippen LogP contribution is 2.45. The van der Waals surface area contributed by atoms with Crippen LogP contribution in [0.4, 0.5) is 0 Å². The summed E-state index contributed by atoms with van der Waals surface area (Å²) in [7, 11) is -9.78. The van der Waals surface area contributed by atoms with E-state index in [9.17, 15) is 43.5 Å². The first-order valence-electron chi connectivity index (χ1n) is 45.5. The van der Waals surface area contributed by atoms with Crippen molar-refractivity contribution >= 4 is 33.6 Å². The van der Waals surface area contributed by atoms with E-state index in [0.717, 1.165) is 103 Å². The number of allylic oxidation sites excluding steroid dienone is 16. The van der Waals surface area contributed by atoms with Gasteiger partial charge in [-0.15, -0.1) is 0 Å². The van der Waals surface area contributed by atoms with Crippen LogP contribution in [0.15, 0.2) is 97.2 Å². The molecule has 0 saturated heterocycles. The second-order valence-corrected chi connectivity index (χ2v) is 33.7. The number of ether oxygens (including phenoxy) is 3. The lowest BCUT2D eigenvalue weighted by Gasteiger charge is -2.21. The number of rotatable bonds is 87. The van der Waals surface area contributed by atoms with E-state index in [1.165, 1.54) is 257 Å². The predicted molar refractivity (Wildman–Crippen MR) is 464 cm³/mol. The summed E-state index contributed by atoms with van der Waals surface area (Å²) >= 11 is 0. The molecule has 18 heteroatoms. The molecule has 5 atom stereocenters. The number of unbranched alkanes of at least 4 members (excludes halogenated alkanes) is 48. The van der Waals surface area contributed by atoms with Crippen molar-refractivity contribution in [3.63, 3.8) is 0 Å². The van der Waals surface area contributed by atoms with Crippen molar-refractivity contribution in [2.45, 2.75) is 437 Å². The number of carbonyl (C=O) groups excluding carboxylic acids is 3. The summed E-state index contributed by atoms with van der Waals surface area (Å²) in [5.74, 6) is -1.55. The first-order chi connectivity index (χ1) is 54.2. The lowest BCUT2D eigenvalue weighted by atomic mass is 10.0. The summed E-state index contributed by atoms with van der Waals surface area (Å²) in [5, 5.41) is 20.7. The van der Waals surface area contributed by atoms with Gasteiger partial charge in [-0.2, -0.15) is 0 Å². The molecule has 0 amide bonds. The molecule has 0 aliphatic rings. The van der Waals surface area contributed by atoms with Crippen molar-refractivity contribution < 1.29 is 75.8 Å². The number of aliphatic hydroxyl groups is 2. The molecule has 5 unspecified atom stereocenters. The van der Waals surface area contributed by atoms with Crippen molar-refractivity contribution in [3.8, 4) is 0 Å². The fraction of sp³-hybridized carbons (Fsp3) is 0.796. The third-order valence-corrected chi connectivity index (χ3v) is 21.7. The first kappa shape index (κ1) is 107. The Morgan fingerprint density at radius 2 is 0.450 bits per heavy atom. The second kappa shape index (κ2) is 85.8. The molecule has 111 heavy (non-hydrogen) atoms. The summed E-state index contributed by atoms with van der Waals surface area (Å²) < 4.78 is 61.3. The van der Waals surface area contributed by atoms with E-state index in [0.29, 0.717) is 19.3 Å². The van der Waals surface area contributed by atoms with Gasteiger partial charge in [-0.05, 0) is 109 Å². The van der Waals surface area contributed by atoms with Crippen LogP contribution >= 0.6 is 15.6 Å². The highest BCUT2D eigenvalue weighted by molar-refractivity contribution is 7.47. The van der Waals surface area contributed by atoms with E-state index in [1.807, 2.05) is 0 Å². The van der Waals surface area contributed by atoms with Crippen molar-refractivity contribution in [1.82, 2.24) is 0 Å². The van der Waals surface area contributed by atoms with Crippen LogP contribution < -0.4 is 0 Å². The average molecular weight is 1600 g/mol. The van der Waals surface area contributed by atoms with Crippen LogP contribution in [0, 0.1) is 0 Å². The van der Waals surface area contributed by atoms with E-state index in [2.05, 4.69) is 118 Å². The quantitative estimate of drug-likeness (QED) is 0.0146. The van der Waals surface area contributed by atoms with E-state index in [1.54, 1.807) is 0 Å². The van der Waals surface area contributed by atoms with Crippen LogP contribution in [0.5, 0.6) is 0 Å². The standard InChI is InChI=1S/C93H168O16P2/c1-4-7-10-13-16-19-22-24-26-28-30-32-34-36-38-40-42-43-45-47-48-50-52-54-56-58-60-62-65-67-70-73-76-79-91(96)103-82-88(94)83-105-110(99,100)106-84-89(95)85-107-111(101,102)108-87-90(109-93(98)81-78-75-72-69-64-21-18-15-12-9-6-3)86-104-92(97)80-77-74-71-68-66-63-61-59-57-55-53-51-49-46-44-41-39-37-35-33-31-29-27-25-23-20-17-14-11-8-5-2/h16-17,19-20,24-27,30-33,36-39,88-90,94-95H,4-15,18,21-23,28-29,34-35,40-87H2,1-3H3,(H,99,100)(H,101,102)/b19-16-,20-17-,26-24-,27-25-,32-30-,33-31-,38-36-,39-37-.